The van der Waals surface area contributed by atoms with Crippen molar-refractivity contribution < 1.29 is 22.8 Å². The molecule has 4 aromatic rings. The summed E-state index contributed by atoms with van der Waals surface area (Å²) in [4.78, 5) is 33.5. The van der Waals surface area contributed by atoms with Gasteiger partial charge in [0.25, 0.3) is 5.91 Å². The minimum Gasteiger partial charge on any atom is -0.356 e. The van der Waals surface area contributed by atoms with Crippen molar-refractivity contribution in [2.75, 3.05) is 18.4 Å². The third kappa shape index (κ3) is 6.50. The van der Waals surface area contributed by atoms with Gasteiger partial charge in [-0.25, -0.2) is 9.97 Å². The van der Waals surface area contributed by atoms with Crippen molar-refractivity contribution in [3.05, 3.63) is 59.8 Å². The molecule has 1 aromatic carbocycles. The molecule has 12 nitrogen and oxygen atoms in total. The average Bonchev–Trinajstić information content (AvgIpc) is 3.60. The second-order valence-electron chi connectivity index (χ2n) is 10.5. The van der Waals surface area contributed by atoms with Crippen LogP contribution in [-0.2, 0) is 23.9 Å². The highest BCUT2D eigenvalue weighted by atomic mass is 19.4. The number of carbonyl (C=O) groups excluding carboxylic acids is 2. The first-order chi connectivity index (χ1) is 21.1. The molecule has 1 fully saturated rings. The fraction of sp³-hybridized carbons (Fsp3) is 0.379. The topological polar surface area (TPSA) is 168 Å². The lowest BCUT2D eigenvalue weighted by Gasteiger charge is -2.31. The number of benzene rings is 1. The molecule has 3 aromatic heterocycles. The summed E-state index contributed by atoms with van der Waals surface area (Å²) in [5.74, 6) is 0.0464. The summed E-state index contributed by atoms with van der Waals surface area (Å²) in [6, 6.07) is 7.10. The number of rotatable bonds is 11. The molecule has 15 heteroatoms. The Morgan fingerprint density at radius 1 is 1.18 bits per heavy atom. The summed E-state index contributed by atoms with van der Waals surface area (Å²) >= 11 is 0. The van der Waals surface area contributed by atoms with Gasteiger partial charge < -0.3 is 21.7 Å². The lowest BCUT2D eigenvalue weighted by molar-refractivity contribution is -0.141. The number of nitriles is 1. The summed E-state index contributed by atoms with van der Waals surface area (Å²) in [6.45, 7) is 2.44. The Morgan fingerprint density at radius 2 is 1.95 bits per heavy atom. The maximum absolute atomic E-state index is 13.7. The normalized spacial score (nSPS) is 16.3. The van der Waals surface area contributed by atoms with Gasteiger partial charge in [0.15, 0.2) is 17.2 Å². The Balaban J connectivity index is 1.27. The number of imidazole rings is 1. The van der Waals surface area contributed by atoms with Gasteiger partial charge in [-0.1, -0.05) is 6.92 Å². The van der Waals surface area contributed by atoms with Crippen LogP contribution in [0.3, 0.4) is 0 Å². The number of aromatic nitrogens is 5. The van der Waals surface area contributed by atoms with Crippen LogP contribution >= 0.6 is 0 Å². The minimum atomic E-state index is -4.74. The van der Waals surface area contributed by atoms with Crippen molar-refractivity contribution in [2.45, 2.75) is 51.4 Å². The minimum absolute atomic E-state index is 0.00362. The number of anilines is 2. The number of nitrogens with two attached hydrogens (primary N) is 1. The predicted octanol–water partition coefficient (Wildman–Crippen LogP) is 3.41. The van der Waals surface area contributed by atoms with Crippen molar-refractivity contribution in [1.82, 2.24) is 34.8 Å². The number of nitrogens with one attached hydrogen (secondary N) is 3. The Labute approximate surface area is 250 Å². The van der Waals surface area contributed by atoms with Crippen molar-refractivity contribution in [2.24, 2.45) is 11.7 Å². The number of alkyl halides is 3. The van der Waals surface area contributed by atoms with Gasteiger partial charge in [0, 0.05) is 54.9 Å². The van der Waals surface area contributed by atoms with E-state index in [-0.39, 0.29) is 47.2 Å². The molecule has 1 aliphatic rings. The molecule has 1 saturated carbocycles. The number of hydrogen-bond donors (Lipinski definition) is 4. The largest absolute Gasteiger partial charge is 0.435 e. The summed E-state index contributed by atoms with van der Waals surface area (Å²) in [5.41, 5.74) is 6.70. The van der Waals surface area contributed by atoms with Crippen LogP contribution in [0.4, 0.5) is 24.7 Å². The third-order valence-corrected chi connectivity index (χ3v) is 7.44. The molecular weight excluding hydrogens is 577 g/mol. The summed E-state index contributed by atoms with van der Waals surface area (Å²) < 4.78 is 43.6. The maximum atomic E-state index is 13.7. The Bertz CT molecular complexity index is 1720. The van der Waals surface area contributed by atoms with Gasteiger partial charge in [-0.3, -0.25) is 18.7 Å². The van der Waals surface area contributed by atoms with E-state index in [4.69, 9.17) is 11.0 Å². The van der Waals surface area contributed by atoms with E-state index in [9.17, 15) is 22.8 Å². The van der Waals surface area contributed by atoms with Gasteiger partial charge in [-0.15, -0.1) is 0 Å². The van der Waals surface area contributed by atoms with E-state index >= 15 is 0 Å². The molecular formula is C29H31F3N10O2. The van der Waals surface area contributed by atoms with Gasteiger partial charge in [0.2, 0.25) is 5.91 Å². The van der Waals surface area contributed by atoms with Crippen molar-refractivity contribution in [1.29, 1.82) is 5.26 Å². The zero-order valence-electron chi connectivity index (χ0n) is 23.9. The standard InChI is InChI=1S/C29H31F3N10O2/c1-2-17-14-20(4-5-21(17)28(44)37-8-3-7-36-27(43)18-12-19(34)13-18)39-25-26-38-15-23(42(26)11-9-35-25)22-16-41(10-6-33)40-24(22)29(30,31)32/h4-5,9,11,14-16,18-19H,2-3,7-8,10,12-13,34H2,1H3,(H,35,39)(H,36,43)(H,37,44). The van der Waals surface area contributed by atoms with E-state index in [0.29, 0.717) is 55.8 Å². The van der Waals surface area contributed by atoms with Crippen LogP contribution in [-0.4, -0.2) is 55.1 Å². The molecule has 0 spiro atoms. The molecule has 0 radical (unpaired) electrons. The number of carbonyl (C=O) groups is 2. The van der Waals surface area contributed by atoms with Crippen LogP contribution in [0, 0.1) is 17.2 Å². The summed E-state index contributed by atoms with van der Waals surface area (Å²) in [5, 5.41) is 21.4. The molecule has 0 unspecified atom stereocenters. The molecule has 0 atom stereocenters. The highest BCUT2D eigenvalue weighted by Crippen LogP contribution is 2.37. The number of hydrogen-bond acceptors (Lipinski definition) is 8. The predicted molar refractivity (Wildman–Crippen MR) is 155 cm³/mol. The smallest absolute Gasteiger partial charge is 0.356 e. The number of aryl methyl sites for hydroxylation is 1. The van der Waals surface area contributed by atoms with Crippen LogP contribution in [0.2, 0.25) is 0 Å². The zero-order chi connectivity index (χ0) is 31.4. The van der Waals surface area contributed by atoms with Gasteiger partial charge >= 0.3 is 6.18 Å². The molecule has 0 saturated heterocycles. The van der Waals surface area contributed by atoms with Crippen molar-refractivity contribution in [3.8, 4) is 17.3 Å². The number of nitrogens with zero attached hydrogens (tertiary/aromatic N) is 6. The Morgan fingerprint density at radius 3 is 2.66 bits per heavy atom. The summed E-state index contributed by atoms with van der Waals surface area (Å²) in [6.07, 6.45) is 3.22. The van der Waals surface area contributed by atoms with Crippen LogP contribution in [0.25, 0.3) is 16.9 Å². The van der Waals surface area contributed by atoms with Crippen molar-refractivity contribution >= 4 is 29.0 Å². The van der Waals surface area contributed by atoms with Gasteiger partial charge in [-0.2, -0.15) is 23.5 Å². The highest BCUT2D eigenvalue weighted by molar-refractivity contribution is 5.96. The first-order valence-corrected chi connectivity index (χ1v) is 14.1. The van der Waals surface area contributed by atoms with Crippen LogP contribution in [0.5, 0.6) is 0 Å². The summed E-state index contributed by atoms with van der Waals surface area (Å²) in [7, 11) is 0. The van der Waals surface area contributed by atoms with Crippen molar-refractivity contribution in [3.63, 3.8) is 0 Å². The lowest BCUT2D eigenvalue weighted by Crippen LogP contribution is -2.45. The quantitative estimate of drug-likeness (QED) is 0.188. The second kappa shape index (κ2) is 12.7. The fourth-order valence-electron chi connectivity index (χ4n) is 5.12. The second-order valence-corrected chi connectivity index (χ2v) is 10.5. The molecule has 0 aliphatic heterocycles. The Kier molecular flexibility index (Phi) is 8.81. The number of fused-ring (bicyclic) bond motifs is 1. The van der Waals surface area contributed by atoms with E-state index in [1.807, 2.05) is 6.92 Å². The molecule has 5 rings (SSSR count). The number of amides is 2. The van der Waals surface area contributed by atoms with E-state index in [2.05, 4.69) is 31.0 Å². The van der Waals surface area contributed by atoms with Gasteiger partial charge in [-0.05, 0) is 49.4 Å². The molecule has 44 heavy (non-hydrogen) atoms. The molecule has 2 amide bonds. The average molecular weight is 609 g/mol. The SMILES string of the molecule is CCc1cc(Nc2nccn3c(-c4cn(CC#N)nc4C(F)(F)F)cnc23)ccc1C(=O)NCCCNC(=O)C1CC(N)C1. The lowest BCUT2D eigenvalue weighted by atomic mass is 9.80. The van der Waals surface area contributed by atoms with E-state index in [0.717, 1.165) is 10.2 Å². The van der Waals surface area contributed by atoms with Crippen LogP contribution < -0.4 is 21.7 Å². The van der Waals surface area contributed by atoms with E-state index < -0.39 is 11.9 Å². The van der Waals surface area contributed by atoms with Gasteiger partial charge in [0.1, 0.15) is 6.54 Å². The molecule has 1 aliphatic carbocycles. The monoisotopic (exact) mass is 608 g/mol. The Hall–Kier alpha value is -4.97. The highest BCUT2D eigenvalue weighted by Gasteiger charge is 2.38. The molecule has 230 valence electrons. The molecule has 3 heterocycles. The fourth-order valence-corrected chi connectivity index (χ4v) is 5.12. The van der Waals surface area contributed by atoms with Crippen LogP contribution in [0.15, 0.2) is 43.0 Å². The first-order valence-electron chi connectivity index (χ1n) is 14.1. The van der Waals surface area contributed by atoms with E-state index in [1.165, 1.54) is 29.2 Å². The third-order valence-electron chi connectivity index (χ3n) is 7.44. The maximum Gasteiger partial charge on any atom is 0.435 e. The first kappa shape index (κ1) is 30.5. The zero-order valence-corrected chi connectivity index (χ0v) is 23.9. The van der Waals surface area contributed by atoms with Crippen LogP contribution in [0.1, 0.15) is 47.8 Å². The molecule has 0 bridgehead atoms. The van der Waals surface area contributed by atoms with Gasteiger partial charge in [0.05, 0.1) is 23.5 Å². The molecule has 5 N–H and O–H groups in total. The van der Waals surface area contributed by atoms with E-state index in [1.54, 1.807) is 24.3 Å². The number of halogens is 3.